The minimum Gasteiger partial charge on any atom is -0.378 e. The van der Waals surface area contributed by atoms with Gasteiger partial charge in [-0.15, -0.1) is 0 Å². The second-order valence-corrected chi connectivity index (χ2v) is 4.39. The monoisotopic (exact) mass is 284 g/mol. The number of nitrogens with zero attached hydrogens (tertiary/aromatic N) is 2. The van der Waals surface area contributed by atoms with Crippen molar-refractivity contribution in [1.82, 2.24) is 0 Å². The van der Waals surface area contributed by atoms with Crippen LogP contribution in [0.25, 0.3) is 0 Å². The number of aliphatic imine (C=N–C) groups is 1. The minimum absolute atomic E-state index is 0.0500. The normalized spacial score (nSPS) is 15.8. The van der Waals surface area contributed by atoms with Gasteiger partial charge < -0.3 is 16.2 Å². The maximum Gasteiger partial charge on any atom is 0.187 e. The molecule has 7 heteroatoms. The zero-order valence-electron chi connectivity index (χ0n) is 11.2. The van der Waals surface area contributed by atoms with Gasteiger partial charge in [0.2, 0.25) is 0 Å². The van der Waals surface area contributed by atoms with E-state index in [4.69, 9.17) is 5.26 Å². The Kier molecular flexibility index (Phi) is 5.70. The van der Waals surface area contributed by atoms with Crippen LogP contribution in [0.2, 0.25) is 0 Å². The summed E-state index contributed by atoms with van der Waals surface area (Å²) in [4.78, 5) is 3.84. The van der Waals surface area contributed by atoms with E-state index in [-0.39, 0.29) is 12.1 Å². The summed E-state index contributed by atoms with van der Waals surface area (Å²) in [7, 11) is 0. The molecule has 2 unspecified atom stereocenters. The summed E-state index contributed by atoms with van der Waals surface area (Å²) in [6.45, 7) is 1.74. The molecule has 1 aromatic rings. The Morgan fingerprint density at radius 3 is 2.90 bits per heavy atom. The molecule has 0 saturated carbocycles. The number of nitrogens with two attached hydrogens (primary N) is 1. The Morgan fingerprint density at radius 2 is 2.30 bits per heavy atom. The first-order chi connectivity index (χ1) is 9.45. The van der Waals surface area contributed by atoms with Crippen molar-refractivity contribution in [2.24, 2.45) is 10.9 Å². The van der Waals surface area contributed by atoms with E-state index in [0.29, 0.717) is 6.67 Å². The predicted molar refractivity (Wildman–Crippen MR) is 68.1 cm³/mol. The smallest absolute Gasteiger partial charge is 0.187 e. The van der Waals surface area contributed by atoms with E-state index in [1.807, 2.05) is 6.07 Å². The molecule has 1 aromatic carbocycles. The van der Waals surface area contributed by atoms with Crippen LogP contribution in [0.5, 0.6) is 0 Å². The zero-order chi connectivity index (χ0) is 15.2. The van der Waals surface area contributed by atoms with Crippen LogP contribution in [-0.2, 0) is 5.60 Å². The largest absolute Gasteiger partial charge is 0.378 e. The van der Waals surface area contributed by atoms with Gasteiger partial charge in [0.15, 0.2) is 18.6 Å². The highest BCUT2D eigenvalue weighted by Gasteiger charge is 2.40. The molecule has 0 saturated heterocycles. The highest BCUT2D eigenvalue weighted by molar-refractivity contribution is 5.41. The Labute approximate surface area is 115 Å². The predicted octanol–water partition coefficient (Wildman–Crippen LogP) is -0.897. The van der Waals surface area contributed by atoms with Gasteiger partial charge in [0, 0.05) is 5.56 Å². The molecule has 2 atom stereocenters. The molecule has 108 valence electrons. The Hall–Kier alpha value is -1.88. The van der Waals surface area contributed by atoms with Crippen molar-refractivity contribution >= 4 is 6.34 Å². The Bertz CT molecular complexity index is 530. The summed E-state index contributed by atoms with van der Waals surface area (Å²) in [6.07, 6.45) is 1.43. The molecule has 0 amide bonds. The third kappa shape index (κ3) is 3.57. The molecule has 20 heavy (non-hydrogen) atoms. The van der Waals surface area contributed by atoms with Gasteiger partial charge in [0.05, 0.1) is 12.0 Å². The molecule has 0 aliphatic rings. The van der Waals surface area contributed by atoms with Crippen molar-refractivity contribution in [1.29, 1.82) is 5.26 Å². The van der Waals surface area contributed by atoms with Crippen molar-refractivity contribution in [2.75, 3.05) is 13.2 Å². The molecule has 0 aromatic heterocycles. The number of hydrogen-bond donors (Lipinski definition) is 3. The number of rotatable bonds is 6. The second kappa shape index (κ2) is 7.05. The van der Waals surface area contributed by atoms with Gasteiger partial charge in [-0.3, -0.25) is 0 Å². The maximum atomic E-state index is 13.8. The molecule has 0 bridgehead atoms. The maximum absolute atomic E-state index is 13.8. The third-order valence-electron chi connectivity index (χ3n) is 3.07. The Morgan fingerprint density at radius 1 is 1.60 bits per heavy atom. The van der Waals surface area contributed by atoms with Gasteiger partial charge in [-0.2, -0.15) is 10.3 Å². The van der Waals surface area contributed by atoms with Crippen LogP contribution in [0.3, 0.4) is 0 Å². The highest BCUT2D eigenvalue weighted by Crippen LogP contribution is 2.30. The van der Waals surface area contributed by atoms with E-state index in [1.165, 1.54) is 18.6 Å². The van der Waals surface area contributed by atoms with Gasteiger partial charge in [-0.25, -0.2) is 8.78 Å². The lowest BCUT2D eigenvalue weighted by Gasteiger charge is -2.28. The minimum atomic E-state index is -1.81. The highest BCUT2D eigenvalue weighted by atomic mass is 19.1. The molecule has 6 N–H and O–H groups in total. The summed E-state index contributed by atoms with van der Waals surface area (Å²) >= 11 is 0. The van der Waals surface area contributed by atoms with Crippen molar-refractivity contribution in [3.8, 4) is 6.07 Å². The van der Waals surface area contributed by atoms with E-state index >= 15 is 0 Å². The molecule has 0 fully saturated rings. The van der Waals surface area contributed by atoms with E-state index in [2.05, 4.69) is 10.7 Å². The number of halogens is 2. The summed E-state index contributed by atoms with van der Waals surface area (Å²) in [5.41, 5.74) is 1.47. The van der Waals surface area contributed by atoms with Crippen LogP contribution in [0, 0.1) is 28.9 Å². The molecule has 1 rings (SSSR count). The first-order valence-corrected chi connectivity index (χ1v) is 6.14. The van der Waals surface area contributed by atoms with Crippen LogP contribution in [0.15, 0.2) is 23.2 Å². The first kappa shape index (κ1) is 16.2. The third-order valence-corrected chi connectivity index (χ3v) is 3.07. The standard InChI is InChI=1S/C13H16F2N4O/c1-9(5-16)13(20,6-18-8-19-7-17)11-4-10(14)2-3-12(11)15/h2-4,8-9,20H,6-7,17H2,1H3,(H,18,19)/p+2. The van der Waals surface area contributed by atoms with Gasteiger partial charge in [0.25, 0.3) is 0 Å². The quantitative estimate of drug-likeness (QED) is 0.466. The van der Waals surface area contributed by atoms with Gasteiger partial charge in [-0.05, 0) is 25.1 Å². The van der Waals surface area contributed by atoms with E-state index in [0.717, 1.165) is 18.2 Å². The van der Waals surface area contributed by atoms with Crippen LogP contribution in [-0.4, -0.2) is 24.7 Å². The molecular weight excluding hydrogens is 266 g/mol. The number of hydrogen-bond acceptors (Lipinski definition) is 3. The van der Waals surface area contributed by atoms with Crippen molar-refractivity contribution < 1.29 is 24.9 Å². The number of nitriles is 1. The van der Waals surface area contributed by atoms with Crippen LogP contribution in [0.4, 0.5) is 8.78 Å². The molecule has 0 radical (unpaired) electrons. The summed E-state index contributed by atoms with van der Waals surface area (Å²) in [6, 6.07) is 4.68. The number of benzene rings is 1. The molecule has 0 spiro atoms. The molecular formula is C13H18F2N4O+2. The average molecular weight is 284 g/mol. The molecule has 0 heterocycles. The summed E-state index contributed by atoms with van der Waals surface area (Å²) in [5, 5.41) is 21.1. The lowest BCUT2D eigenvalue weighted by molar-refractivity contribution is -0.554. The summed E-state index contributed by atoms with van der Waals surface area (Å²) in [5.74, 6) is -2.34. The number of quaternary nitrogens is 2. The van der Waals surface area contributed by atoms with Crippen molar-refractivity contribution in [2.45, 2.75) is 12.5 Å². The van der Waals surface area contributed by atoms with Crippen molar-refractivity contribution in [3.05, 3.63) is 35.4 Å². The van der Waals surface area contributed by atoms with E-state index in [1.54, 1.807) is 0 Å². The SMILES string of the molecule is CC(C#N)C(O)(C[NH2+]C=NC[NH3+])c1cc(F)ccc1F. The fraction of sp³-hybridized carbons (Fsp3) is 0.385. The molecule has 0 aliphatic carbocycles. The van der Waals surface area contributed by atoms with Crippen LogP contribution >= 0.6 is 0 Å². The fourth-order valence-corrected chi connectivity index (χ4v) is 1.84. The second-order valence-electron chi connectivity index (χ2n) is 4.39. The first-order valence-electron chi connectivity index (χ1n) is 6.14. The van der Waals surface area contributed by atoms with Crippen LogP contribution < -0.4 is 11.1 Å². The van der Waals surface area contributed by atoms with Gasteiger partial charge in [-0.1, -0.05) is 0 Å². The number of aliphatic hydroxyl groups is 1. The van der Waals surface area contributed by atoms with E-state index < -0.39 is 23.2 Å². The topological polar surface area (TPSA) is 101 Å². The molecule has 0 aliphatic heterocycles. The fourth-order valence-electron chi connectivity index (χ4n) is 1.84. The van der Waals surface area contributed by atoms with E-state index in [9.17, 15) is 13.9 Å². The Balaban J connectivity index is 3.14. The van der Waals surface area contributed by atoms with Gasteiger partial charge in [0.1, 0.15) is 18.2 Å². The average Bonchev–Trinajstić information content (AvgIpc) is 2.45. The molecule has 5 nitrogen and oxygen atoms in total. The van der Waals surface area contributed by atoms with Gasteiger partial charge >= 0.3 is 0 Å². The van der Waals surface area contributed by atoms with Crippen molar-refractivity contribution in [3.63, 3.8) is 0 Å². The lowest BCUT2D eigenvalue weighted by atomic mass is 9.82. The lowest BCUT2D eigenvalue weighted by Crippen LogP contribution is -2.87. The zero-order valence-corrected chi connectivity index (χ0v) is 11.2. The van der Waals surface area contributed by atoms with Crippen LogP contribution in [0.1, 0.15) is 12.5 Å². The summed E-state index contributed by atoms with van der Waals surface area (Å²) < 4.78 is 27.1.